The van der Waals surface area contributed by atoms with Gasteiger partial charge >= 0.3 is 0 Å². The Morgan fingerprint density at radius 2 is 2.12 bits per heavy atom. The molecule has 0 radical (unpaired) electrons. The van der Waals surface area contributed by atoms with Crippen LogP contribution in [0.1, 0.15) is 31.9 Å². The fourth-order valence-corrected chi connectivity index (χ4v) is 1.57. The zero-order valence-corrected chi connectivity index (χ0v) is 9.69. The lowest BCUT2D eigenvalue weighted by atomic mass is 10.00. The summed E-state index contributed by atoms with van der Waals surface area (Å²) in [5.74, 6) is -1.09. The quantitative estimate of drug-likeness (QED) is 0.755. The van der Waals surface area contributed by atoms with Gasteiger partial charge < -0.3 is 5.32 Å². The molecule has 0 saturated heterocycles. The predicted molar refractivity (Wildman–Crippen MR) is 62.2 cm³/mol. The summed E-state index contributed by atoms with van der Waals surface area (Å²) in [5, 5.41) is 3.18. The molecule has 1 rings (SSSR count). The Bertz CT molecular complexity index is 374. The fourth-order valence-electron chi connectivity index (χ4n) is 1.57. The molecule has 0 bridgehead atoms. The summed E-state index contributed by atoms with van der Waals surface area (Å²) < 4.78 is 26.3. The maximum absolute atomic E-state index is 13.6. The van der Waals surface area contributed by atoms with E-state index >= 15 is 0 Å². The molecule has 1 N–H and O–H groups in total. The monoisotopic (exact) mass is 225 g/mol. The lowest BCUT2D eigenvalue weighted by Gasteiger charge is -2.19. The van der Waals surface area contributed by atoms with Crippen molar-refractivity contribution < 1.29 is 8.78 Å². The number of nitrogens with one attached hydrogen (secondary N) is 1. The molecule has 1 aromatic rings. The smallest absolute Gasteiger partial charge is 0.131 e. The summed E-state index contributed by atoms with van der Waals surface area (Å²) >= 11 is 0. The molecular formula is C13H17F2N. The molecule has 0 fully saturated rings. The lowest BCUT2D eigenvalue weighted by Crippen LogP contribution is -2.23. The van der Waals surface area contributed by atoms with Crippen molar-refractivity contribution in [2.24, 2.45) is 0 Å². The van der Waals surface area contributed by atoms with Crippen LogP contribution in [-0.4, -0.2) is 6.54 Å². The number of benzene rings is 1. The Morgan fingerprint density at radius 3 is 2.62 bits per heavy atom. The van der Waals surface area contributed by atoms with Crippen molar-refractivity contribution >= 4 is 0 Å². The molecule has 0 aliphatic rings. The standard InChI is InChI=1S/C13H17F2N/c1-4-7-16-13(9(2)3)11-6-5-10(14)8-12(11)15/h5-6,8,13,16H,2,4,7H2,1,3H3. The Hall–Kier alpha value is -1.22. The van der Waals surface area contributed by atoms with Crippen LogP contribution in [0, 0.1) is 11.6 Å². The van der Waals surface area contributed by atoms with Gasteiger partial charge in [0.2, 0.25) is 0 Å². The Balaban J connectivity index is 2.96. The molecular weight excluding hydrogens is 208 g/mol. The molecule has 0 saturated carbocycles. The van der Waals surface area contributed by atoms with Gasteiger partial charge in [-0.15, -0.1) is 0 Å². The van der Waals surface area contributed by atoms with Gasteiger partial charge in [-0.2, -0.15) is 0 Å². The first kappa shape index (κ1) is 12.8. The number of rotatable bonds is 5. The molecule has 1 atom stereocenters. The van der Waals surface area contributed by atoms with Gasteiger partial charge in [0.15, 0.2) is 0 Å². The van der Waals surface area contributed by atoms with E-state index in [-0.39, 0.29) is 6.04 Å². The molecule has 88 valence electrons. The molecule has 1 aromatic carbocycles. The average molecular weight is 225 g/mol. The van der Waals surface area contributed by atoms with Gasteiger partial charge in [0, 0.05) is 11.6 Å². The van der Waals surface area contributed by atoms with Crippen molar-refractivity contribution in [2.75, 3.05) is 6.54 Å². The lowest BCUT2D eigenvalue weighted by molar-refractivity contribution is 0.529. The summed E-state index contributed by atoms with van der Waals surface area (Å²) in [6.07, 6.45) is 0.951. The SMILES string of the molecule is C=C(C)C(NCCC)c1ccc(F)cc1F. The van der Waals surface area contributed by atoms with Crippen LogP contribution in [0.15, 0.2) is 30.4 Å². The van der Waals surface area contributed by atoms with Crippen LogP contribution in [0.2, 0.25) is 0 Å². The van der Waals surface area contributed by atoms with Gasteiger partial charge in [0.05, 0.1) is 6.04 Å². The summed E-state index contributed by atoms with van der Waals surface area (Å²) in [4.78, 5) is 0. The van der Waals surface area contributed by atoms with Crippen LogP contribution in [-0.2, 0) is 0 Å². The summed E-state index contributed by atoms with van der Waals surface area (Å²) in [6, 6.07) is 3.38. The van der Waals surface area contributed by atoms with Crippen LogP contribution < -0.4 is 5.32 Å². The van der Waals surface area contributed by atoms with Crippen molar-refractivity contribution in [1.82, 2.24) is 5.32 Å². The first-order valence-electron chi connectivity index (χ1n) is 5.40. The van der Waals surface area contributed by atoms with Crippen molar-refractivity contribution in [3.63, 3.8) is 0 Å². The maximum atomic E-state index is 13.6. The molecule has 0 spiro atoms. The van der Waals surface area contributed by atoms with E-state index in [1.54, 1.807) is 0 Å². The van der Waals surface area contributed by atoms with Crippen molar-refractivity contribution in [3.8, 4) is 0 Å². The summed E-state index contributed by atoms with van der Waals surface area (Å²) in [5.41, 5.74) is 1.27. The highest BCUT2D eigenvalue weighted by Crippen LogP contribution is 2.23. The van der Waals surface area contributed by atoms with E-state index in [0.717, 1.165) is 24.6 Å². The minimum absolute atomic E-state index is 0.249. The van der Waals surface area contributed by atoms with Crippen molar-refractivity contribution in [3.05, 3.63) is 47.5 Å². The van der Waals surface area contributed by atoms with Crippen LogP contribution in [0.4, 0.5) is 8.78 Å². The minimum Gasteiger partial charge on any atom is -0.306 e. The largest absolute Gasteiger partial charge is 0.306 e. The second-order valence-electron chi connectivity index (χ2n) is 3.90. The third-order valence-electron chi connectivity index (χ3n) is 2.36. The van der Waals surface area contributed by atoms with Crippen molar-refractivity contribution in [1.29, 1.82) is 0 Å². The van der Waals surface area contributed by atoms with Gasteiger partial charge in [-0.3, -0.25) is 0 Å². The van der Waals surface area contributed by atoms with Crippen LogP contribution in [0.3, 0.4) is 0 Å². The zero-order chi connectivity index (χ0) is 12.1. The van der Waals surface area contributed by atoms with Gasteiger partial charge in [-0.1, -0.05) is 25.1 Å². The molecule has 16 heavy (non-hydrogen) atoms. The van der Waals surface area contributed by atoms with E-state index in [0.29, 0.717) is 5.56 Å². The molecule has 1 unspecified atom stereocenters. The van der Waals surface area contributed by atoms with Gasteiger partial charge in [-0.25, -0.2) is 8.78 Å². The van der Waals surface area contributed by atoms with Crippen LogP contribution in [0.5, 0.6) is 0 Å². The normalized spacial score (nSPS) is 12.5. The first-order valence-corrected chi connectivity index (χ1v) is 5.40. The number of hydrogen-bond donors (Lipinski definition) is 1. The van der Waals surface area contributed by atoms with Crippen LogP contribution in [0.25, 0.3) is 0 Å². The van der Waals surface area contributed by atoms with Crippen LogP contribution >= 0.6 is 0 Å². The maximum Gasteiger partial charge on any atom is 0.131 e. The van der Waals surface area contributed by atoms with Crippen molar-refractivity contribution in [2.45, 2.75) is 26.3 Å². The molecule has 0 heterocycles. The Kier molecular flexibility index (Phi) is 4.62. The van der Waals surface area contributed by atoms with E-state index in [9.17, 15) is 8.78 Å². The molecule has 0 amide bonds. The highest BCUT2D eigenvalue weighted by Gasteiger charge is 2.15. The molecule has 1 nitrogen and oxygen atoms in total. The first-order chi connectivity index (χ1) is 7.56. The van der Waals surface area contributed by atoms with Gasteiger partial charge in [0.1, 0.15) is 11.6 Å². The minimum atomic E-state index is -0.558. The Labute approximate surface area is 95.2 Å². The molecule has 3 heteroatoms. The fraction of sp³-hybridized carbons (Fsp3) is 0.385. The molecule has 0 aliphatic carbocycles. The highest BCUT2D eigenvalue weighted by atomic mass is 19.1. The van der Waals surface area contributed by atoms with E-state index < -0.39 is 11.6 Å². The second-order valence-corrected chi connectivity index (χ2v) is 3.90. The Morgan fingerprint density at radius 1 is 1.44 bits per heavy atom. The molecule has 0 aliphatic heterocycles. The van der Waals surface area contributed by atoms with E-state index in [1.807, 2.05) is 13.8 Å². The number of halogens is 2. The van der Waals surface area contributed by atoms with E-state index in [1.165, 1.54) is 12.1 Å². The van der Waals surface area contributed by atoms with E-state index in [4.69, 9.17) is 0 Å². The second kappa shape index (κ2) is 5.75. The average Bonchev–Trinajstić information content (AvgIpc) is 2.20. The third-order valence-corrected chi connectivity index (χ3v) is 2.36. The van der Waals surface area contributed by atoms with Gasteiger partial charge in [-0.05, 0) is 26.0 Å². The number of hydrogen-bond acceptors (Lipinski definition) is 1. The predicted octanol–water partition coefficient (Wildman–Crippen LogP) is 3.58. The highest BCUT2D eigenvalue weighted by molar-refractivity contribution is 5.28. The summed E-state index contributed by atoms with van der Waals surface area (Å²) in [7, 11) is 0. The summed E-state index contributed by atoms with van der Waals surface area (Å²) in [6.45, 7) is 8.46. The third kappa shape index (κ3) is 3.14. The van der Waals surface area contributed by atoms with Gasteiger partial charge in [0.25, 0.3) is 0 Å². The van der Waals surface area contributed by atoms with E-state index in [2.05, 4.69) is 11.9 Å². The molecule has 0 aromatic heterocycles. The topological polar surface area (TPSA) is 12.0 Å². The zero-order valence-electron chi connectivity index (χ0n) is 9.69.